The molecule has 4 nitrogen and oxygen atoms in total. The normalized spacial score (nSPS) is 25.7. The van der Waals surface area contributed by atoms with E-state index in [1.54, 1.807) is 0 Å². The highest BCUT2D eigenvalue weighted by molar-refractivity contribution is 5.93. The Labute approximate surface area is 120 Å². The maximum absolute atomic E-state index is 12.2. The quantitative estimate of drug-likeness (QED) is 0.875. The first-order chi connectivity index (χ1) is 9.63. The van der Waals surface area contributed by atoms with Crippen LogP contribution in [0.25, 0.3) is 0 Å². The maximum atomic E-state index is 12.2. The molecular weight excluding hydrogens is 250 g/mol. The van der Waals surface area contributed by atoms with Gasteiger partial charge in [0.25, 0.3) is 0 Å². The lowest BCUT2D eigenvalue weighted by atomic mass is 10.0. The lowest BCUT2D eigenvalue weighted by Crippen LogP contribution is -2.33. The Morgan fingerprint density at radius 2 is 2.00 bits per heavy atom. The van der Waals surface area contributed by atoms with E-state index in [4.69, 9.17) is 0 Å². The molecule has 2 aliphatic heterocycles. The van der Waals surface area contributed by atoms with Crippen molar-refractivity contribution in [3.63, 3.8) is 0 Å². The van der Waals surface area contributed by atoms with Crippen LogP contribution in [0.2, 0.25) is 0 Å². The summed E-state index contributed by atoms with van der Waals surface area (Å²) in [6.45, 7) is 8.96. The number of fused-ring (bicyclic) bond motifs is 1. The molecule has 0 radical (unpaired) electrons. The van der Waals surface area contributed by atoms with Gasteiger partial charge in [0, 0.05) is 18.8 Å². The summed E-state index contributed by atoms with van der Waals surface area (Å²) in [7, 11) is 0. The van der Waals surface area contributed by atoms with Gasteiger partial charge in [-0.05, 0) is 56.0 Å². The number of hydrogen-bond donors (Lipinski definition) is 2. The van der Waals surface area contributed by atoms with E-state index in [0.29, 0.717) is 6.54 Å². The Kier molecular flexibility index (Phi) is 3.76. The molecule has 1 aromatic rings. The fourth-order valence-electron chi connectivity index (χ4n) is 3.36. The highest BCUT2D eigenvalue weighted by Gasteiger charge is 2.36. The molecule has 2 aliphatic rings. The second-order valence-electron chi connectivity index (χ2n) is 6.17. The molecule has 2 N–H and O–H groups in total. The van der Waals surface area contributed by atoms with Crippen LogP contribution in [0.4, 0.5) is 5.69 Å². The molecule has 2 fully saturated rings. The summed E-state index contributed by atoms with van der Waals surface area (Å²) in [6, 6.07) is 6.03. The van der Waals surface area contributed by atoms with Gasteiger partial charge in [-0.25, -0.2) is 0 Å². The number of anilines is 1. The molecule has 2 atom stereocenters. The lowest BCUT2D eigenvalue weighted by molar-refractivity contribution is -0.117. The summed E-state index contributed by atoms with van der Waals surface area (Å²) in [5, 5.41) is 6.47. The van der Waals surface area contributed by atoms with Gasteiger partial charge in [-0.2, -0.15) is 0 Å². The average molecular weight is 273 g/mol. The Morgan fingerprint density at radius 3 is 2.70 bits per heavy atom. The zero-order chi connectivity index (χ0) is 14.1. The van der Waals surface area contributed by atoms with Crippen LogP contribution in [-0.4, -0.2) is 43.5 Å². The predicted octanol–water partition coefficient (Wildman–Crippen LogP) is 1.39. The fraction of sp³-hybridized carbons (Fsp3) is 0.562. The monoisotopic (exact) mass is 273 g/mol. The van der Waals surface area contributed by atoms with Crippen molar-refractivity contribution in [3.8, 4) is 0 Å². The Bertz CT molecular complexity index is 502. The van der Waals surface area contributed by atoms with Crippen molar-refractivity contribution >= 4 is 11.6 Å². The number of nitrogens with zero attached hydrogens (tertiary/aromatic N) is 1. The minimum Gasteiger partial charge on any atom is -0.325 e. The van der Waals surface area contributed by atoms with Gasteiger partial charge in [0.2, 0.25) is 5.91 Å². The number of nitrogens with one attached hydrogen (secondary N) is 2. The number of carbonyl (C=O) groups excluding carboxylic acids is 1. The zero-order valence-electron chi connectivity index (χ0n) is 12.3. The molecule has 0 spiro atoms. The van der Waals surface area contributed by atoms with Crippen molar-refractivity contribution in [3.05, 3.63) is 29.3 Å². The second-order valence-corrected chi connectivity index (χ2v) is 6.17. The molecule has 4 heteroatoms. The summed E-state index contributed by atoms with van der Waals surface area (Å²) in [5.41, 5.74) is 3.31. The number of hydrogen-bond acceptors (Lipinski definition) is 3. The Hall–Kier alpha value is -1.39. The average Bonchev–Trinajstić information content (AvgIpc) is 2.95. The van der Waals surface area contributed by atoms with Gasteiger partial charge in [0.05, 0.1) is 6.54 Å². The van der Waals surface area contributed by atoms with E-state index in [9.17, 15) is 4.79 Å². The maximum Gasteiger partial charge on any atom is 0.238 e. The largest absolute Gasteiger partial charge is 0.325 e. The summed E-state index contributed by atoms with van der Waals surface area (Å²) in [6.07, 6.45) is 0. The molecule has 0 aromatic heterocycles. The van der Waals surface area contributed by atoms with E-state index in [1.165, 1.54) is 5.56 Å². The second kappa shape index (κ2) is 5.54. The minimum absolute atomic E-state index is 0.103. The van der Waals surface area contributed by atoms with Crippen molar-refractivity contribution in [2.24, 2.45) is 11.8 Å². The molecule has 0 aliphatic carbocycles. The first kappa shape index (κ1) is 13.6. The van der Waals surface area contributed by atoms with Crippen LogP contribution in [0.1, 0.15) is 11.1 Å². The van der Waals surface area contributed by atoms with Crippen molar-refractivity contribution in [2.45, 2.75) is 13.8 Å². The third kappa shape index (κ3) is 2.72. The highest BCUT2D eigenvalue weighted by atomic mass is 16.2. The third-order valence-electron chi connectivity index (χ3n) is 4.71. The van der Waals surface area contributed by atoms with Gasteiger partial charge in [-0.1, -0.05) is 12.1 Å². The zero-order valence-corrected chi connectivity index (χ0v) is 12.3. The summed E-state index contributed by atoms with van der Waals surface area (Å²) in [5.74, 6) is 1.58. The van der Waals surface area contributed by atoms with Crippen molar-refractivity contribution < 1.29 is 4.79 Å². The van der Waals surface area contributed by atoms with E-state index in [2.05, 4.69) is 35.4 Å². The smallest absolute Gasteiger partial charge is 0.238 e. The van der Waals surface area contributed by atoms with Gasteiger partial charge < -0.3 is 10.6 Å². The van der Waals surface area contributed by atoms with Crippen molar-refractivity contribution in [1.82, 2.24) is 10.2 Å². The molecule has 2 unspecified atom stereocenters. The molecular formula is C16H23N3O. The Morgan fingerprint density at radius 1 is 1.30 bits per heavy atom. The van der Waals surface area contributed by atoms with Crippen LogP contribution in [0.5, 0.6) is 0 Å². The van der Waals surface area contributed by atoms with Gasteiger partial charge in [0.15, 0.2) is 0 Å². The van der Waals surface area contributed by atoms with Crippen LogP contribution in [0, 0.1) is 25.7 Å². The van der Waals surface area contributed by atoms with E-state index >= 15 is 0 Å². The number of amides is 1. The first-order valence-electron chi connectivity index (χ1n) is 7.42. The number of carbonyl (C=O) groups is 1. The minimum atomic E-state index is 0.103. The molecule has 2 heterocycles. The number of benzene rings is 1. The summed E-state index contributed by atoms with van der Waals surface area (Å²) in [4.78, 5) is 14.5. The molecule has 2 saturated heterocycles. The van der Waals surface area contributed by atoms with E-state index < -0.39 is 0 Å². The van der Waals surface area contributed by atoms with E-state index in [1.807, 2.05) is 12.1 Å². The lowest BCUT2D eigenvalue weighted by Gasteiger charge is -2.17. The summed E-state index contributed by atoms with van der Waals surface area (Å²) < 4.78 is 0. The highest BCUT2D eigenvalue weighted by Crippen LogP contribution is 2.26. The van der Waals surface area contributed by atoms with Crippen LogP contribution >= 0.6 is 0 Å². The molecule has 20 heavy (non-hydrogen) atoms. The van der Waals surface area contributed by atoms with Crippen LogP contribution in [-0.2, 0) is 4.79 Å². The third-order valence-corrected chi connectivity index (χ3v) is 4.71. The molecule has 1 amide bonds. The molecule has 1 aromatic carbocycles. The Balaban J connectivity index is 1.56. The van der Waals surface area contributed by atoms with Crippen LogP contribution in [0.15, 0.2) is 18.2 Å². The number of likely N-dealkylation sites (tertiary alicyclic amines) is 1. The van der Waals surface area contributed by atoms with Crippen molar-refractivity contribution in [2.75, 3.05) is 38.0 Å². The van der Waals surface area contributed by atoms with E-state index in [-0.39, 0.29) is 5.91 Å². The topological polar surface area (TPSA) is 44.4 Å². The van der Waals surface area contributed by atoms with Crippen LogP contribution < -0.4 is 10.6 Å². The summed E-state index contributed by atoms with van der Waals surface area (Å²) >= 11 is 0. The van der Waals surface area contributed by atoms with Gasteiger partial charge in [-0.3, -0.25) is 9.69 Å². The van der Waals surface area contributed by atoms with E-state index in [0.717, 1.165) is 49.3 Å². The molecule has 0 bridgehead atoms. The van der Waals surface area contributed by atoms with Crippen molar-refractivity contribution in [1.29, 1.82) is 0 Å². The number of aryl methyl sites for hydroxylation is 1. The standard InChI is InChI=1S/C16H23N3O/c1-11-4-3-5-15(12(11)2)18-16(20)10-19-8-13-6-17-7-14(13)9-19/h3-5,13-14,17H,6-10H2,1-2H3,(H,18,20). The SMILES string of the molecule is Cc1cccc(NC(=O)CN2CC3CNCC3C2)c1C. The first-order valence-corrected chi connectivity index (χ1v) is 7.42. The molecule has 108 valence electrons. The fourth-order valence-corrected chi connectivity index (χ4v) is 3.36. The molecule has 3 rings (SSSR count). The number of rotatable bonds is 3. The predicted molar refractivity (Wildman–Crippen MR) is 80.8 cm³/mol. The molecule has 0 saturated carbocycles. The van der Waals surface area contributed by atoms with Gasteiger partial charge >= 0.3 is 0 Å². The van der Waals surface area contributed by atoms with Gasteiger partial charge in [0.1, 0.15) is 0 Å². The van der Waals surface area contributed by atoms with Crippen LogP contribution in [0.3, 0.4) is 0 Å². The van der Waals surface area contributed by atoms with Gasteiger partial charge in [-0.15, -0.1) is 0 Å².